The van der Waals surface area contributed by atoms with E-state index in [4.69, 9.17) is 14.5 Å². The van der Waals surface area contributed by atoms with Gasteiger partial charge in [0.2, 0.25) is 0 Å². The average molecular weight is 401 g/mol. The molecule has 0 unspecified atom stereocenters. The number of methoxy groups -OCH3 is 2. The van der Waals surface area contributed by atoms with E-state index >= 15 is 0 Å². The molecule has 0 radical (unpaired) electrons. The number of carbonyl (C=O) groups is 1. The molecular weight excluding hydrogens is 380 g/mol. The molecule has 1 amide bonds. The first-order valence-electron chi connectivity index (χ1n) is 8.17. The topological polar surface area (TPSA) is 51.1 Å². The van der Waals surface area contributed by atoms with E-state index in [-0.39, 0.29) is 5.91 Å². The molecule has 0 N–H and O–H groups in total. The second-order valence-corrected chi connectivity index (χ2v) is 7.42. The fourth-order valence-corrected chi connectivity index (χ4v) is 4.12. The first-order chi connectivity index (χ1) is 13.1. The van der Waals surface area contributed by atoms with Gasteiger partial charge in [-0.25, -0.2) is 4.99 Å². The molecule has 5 nitrogen and oxygen atoms in total. The molecule has 0 spiro atoms. The molecule has 0 atom stereocenters. The molecule has 3 rings (SSSR count). The summed E-state index contributed by atoms with van der Waals surface area (Å²) in [6, 6.07) is 15.1. The number of aliphatic imine (C=N–C) groups is 1. The van der Waals surface area contributed by atoms with Gasteiger partial charge in [-0.1, -0.05) is 30.3 Å². The predicted octanol–water partition coefficient (Wildman–Crippen LogP) is 4.39. The van der Waals surface area contributed by atoms with E-state index in [9.17, 15) is 4.79 Å². The van der Waals surface area contributed by atoms with Crippen LogP contribution in [-0.4, -0.2) is 38.5 Å². The van der Waals surface area contributed by atoms with Crippen molar-refractivity contribution in [2.75, 3.05) is 31.6 Å². The molecular formula is C20H20N2O3S2. The van der Waals surface area contributed by atoms with Crippen LogP contribution in [0, 0.1) is 0 Å². The molecule has 0 saturated carbocycles. The van der Waals surface area contributed by atoms with Crippen LogP contribution in [0.25, 0.3) is 0 Å². The summed E-state index contributed by atoms with van der Waals surface area (Å²) in [6.07, 6.45) is 3.89. The van der Waals surface area contributed by atoms with E-state index in [0.29, 0.717) is 28.7 Å². The number of hydrogen-bond acceptors (Lipinski definition) is 6. The Morgan fingerprint density at radius 1 is 0.963 bits per heavy atom. The lowest BCUT2D eigenvalue weighted by Gasteiger charge is -2.20. The zero-order valence-corrected chi connectivity index (χ0v) is 17.2. The van der Waals surface area contributed by atoms with Crippen LogP contribution in [0.4, 0.5) is 5.69 Å². The maximum atomic E-state index is 13.3. The van der Waals surface area contributed by atoms with Gasteiger partial charge in [0, 0.05) is 11.6 Å². The second-order valence-electron chi connectivity index (χ2n) is 5.53. The molecule has 140 valence electrons. The Kier molecular flexibility index (Phi) is 6.13. The quantitative estimate of drug-likeness (QED) is 0.673. The van der Waals surface area contributed by atoms with E-state index in [0.717, 1.165) is 9.80 Å². The zero-order valence-electron chi connectivity index (χ0n) is 15.6. The van der Waals surface area contributed by atoms with Crippen LogP contribution >= 0.6 is 23.5 Å². The predicted molar refractivity (Wildman–Crippen MR) is 114 cm³/mol. The Morgan fingerprint density at radius 3 is 2.22 bits per heavy atom. The molecule has 2 aromatic rings. The molecule has 1 aliphatic rings. The van der Waals surface area contributed by atoms with Crippen LogP contribution in [-0.2, 0) is 4.79 Å². The van der Waals surface area contributed by atoms with Gasteiger partial charge in [-0.05, 0) is 24.6 Å². The molecule has 0 fully saturated rings. The van der Waals surface area contributed by atoms with Gasteiger partial charge >= 0.3 is 0 Å². The lowest BCUT2D eigenvalue weighted by Crippen LogP contribution is -2.32. The van der Waals surface area contributed by atoms with E-state index < -0.39 is 0 Å². The maximum Gasteiger partial charge on any atom is 0.284 e. The molecule has 27 heavy (non-hydrogen) atoms. The van der Waals surface area contributed by atoms with Crippen molar-refractivity contribution in [3.63, 3.8) is 0 Å². The molecule has 7 heteroatoms. The molecule has 0 aromatic heterocycles. The zero-order chi connectivity index (χ0) is 19.4. The van der Waals surface area contributed by atoms with Crippen molar-refractivity contribution in [2.24, 2.45) is 4.99 Å². The summed E-state index contributed by atoms with van der Waals surface area (Å²) >= 11 is 3.04. The van der Waals surface area contributed by atoms with Gasteiger partial charge < -0.3 is 9.47 Å². The van der Waals surface area contributed by atoms with Crippen LogP contribution in [0.15, 0.2) is 63.5 Å². The number of amides is 1. The van der Waals surface area contributed by atoms with Gasteiger partial charge in [0.1, 0.15) is 5.84 Å². The van der Waals surface area contributed by atoms with Gasteiger partial charge in [-0.3, -0.25) is 9.69 Å². The van der Waals surface area contributed by atoms with Crippen molar-refractivity contribution in [2.45, 2.75) is 0 Å². The summed E-state index contributed by atoms with van der Waals surface area (Å²) in [4.78, 5) is 19.6. The van der Waals surface area contributed by atoms with Crippen molar-refractivity contribution in [1.29, 1.82) is 0 Å². The summed E-state index contributed by atoms with van der Waals surface area (Å²) in [5.74, 6) is 1.61. The highest BCUT2D eigenvalue weighted by molar-refractivity contribution is 8.21. The van der Waals surface area contributed by atoms with E-state index in [1.54, 1.807) is 31.3 Å². The van der Waals surface area contributed by atoms with Crippen molar-refractivity contribution in [3.05, 3.63) is 64.0 Å². The van der Waals surface area contributed by atoms with Crippen LogP contribution in [0.3, 0.4) is 0 Å². The minimum atomic E-state index is -0.153. The highest BCUT2D eigenvalue weighted by atomic mass is 32.2. The highest BCUT2D eigenvalue weighted by Gasteiger charge is 2.34. The minimum Gasteiger partial charge on any atom is -0.493 e. The number of amidine groups is 1. The van der Waals surface area contributed by atoms with E-state index in [1.807, 2.05) is 48.9 Å². The van der Waals surface area contributed by atoms with Crippen molar-refractivity contribution in [3.8, 4) is 11.5 Å². The lowest BCUT2D eigenvalue weighted by atomic mass is 10.1. The number of rotatable bonds is 6. The summed E-state index contributed by atoms with van der Waals surface area (Å²) in [5.41, 5.74) is 2.01. The van der Waals surface area contributed by atoms with Gasteiger partial charge in [0.25, 0.3) is 5.91 Å². The number of benzene rings is 2. The fraction of sp³-hybridized carbons (Fsp3) is 0.200. The van der Waals surface area contributed by atoms with Crippen LogP contribution in [0.2, 0.25) is 0 Å². The summed E-state index contributed by atoms with van der Waals surface area (Å²) in [6.45, 7) is 0. The normalized spacial score (nSPS) is 13.6. The number of ether oxygens (including phenoxy) is 2. The molecule has 2 aromatic carbocycles. The third-order valence-corrected chi connectivity index (χ3v) is 6.18. The number of hydrogen-bond donors (Lipinski definition) is 0. The Morgan fingerprint density at radius 2 is 1.63 bits per heavy atom. The fourth-order valence-electron chi connectivity index (χ4n) is 2.80. The van der Waals surface area contributed by atoms with Gasteiger partial charge in [-0.15, -0.1) is 23.5 Å². The Bertz CT molecular complexity index is 905. The summed E-state index contributed by atoms with van der Waals surface area (Å²) < 4.78 is 11.6. The molecule has 0 bridgehead atoms. The first kappa shape index (κ1) is 19.4. The standard InChI is InChI=1S/C20H20N2O3S2/c1-24-15-11-10-14(12-16(15)25-2)22-18(13-8-6-5-7-9-13)21-17(19(22)23)20(26-3)27-4/h5-12H,1-4H3. The number of carbonyl (C=O) groups excluding carboxylic acids is 1. The average Bonchev–Trinajstić information content (AvgIpc) is 3.06. The van der Waals surface area contributed by atoms with Crippen LogP contribution in [0.5, 0.6) is 11.5 Å². The molecule has 0 saturated heterocycles. The maximum absolute atomic E-state index is 13.3. The minimum absolute atomic E-state index is 0.153. The molecule has 1 aliphatic heterocycles. The van der Waals surface area contributed by atoms with Crippen molar-refractivity contribution in [1.82, 2.24) is 0 Å². The first-order valence-corrected chi connectivity index (χ1v) is 10.6. The van der Waals surface area contributed by atoms with E-state index in [2.05, 4.69) is 0 Å². The Hall–Kier alpha value is -2.38. The monoisotopic (exact) mass is 400 g/mol. The van der Waals surface area contributed by atoms with Crippen molar-refractivity contribution >= 4 is 41.0 Å². The summed E-state index contributed by atoms with van der Waals surface area (Å²) in [5, 5.41) is 0. The van der Waals surface area contributed by atoms with E-state index in [1.165, 1.54) is 23.5 Å². The van der Waals surface area contributed by atoms with Gasteiger partial charge in [0.05, 0.1) is 24.1 Å². The number of thioether (sulfide) groups is 2. The highest BCUT2D eigenvalue weighted by Crippen LogP contribution is 2.37. The smallest absolute Gasteiger partial charge is 0.284 e. The Balaban J connectivity index is 2.16. The SMILES string of the molecule is COc1ccc(N2C(=O)C(=C(SC)SC)N=C2c2ccccc2)cc1OC. The molecule has 0 aliphatic carbocycles. The van der Waals surface area contributed by atoms with Gasteiger partial charge in [0.15, 0.2) is 17.2 Å². The van der Waals surface area contributed by atoms with Crippen molar-refractivity contribution < 1.29 is 14.3 Å². The van der Waals surface area contributed by atoms with Crippen LogP contribution in [0.1, 0.15) is 5.56 Å². The van der Waals surface area contributed by atoms with Crippen LogP contribution < -0.4 is 14.4 Å². The number of anilines is 1. The third-order valence-electron chi connectivity index (χ3n) is 4.06. The lowest BCUT2D eigenvalue weighted by molar-refractivity contribution is -0.113. The second kappa shape index (κ2) is 8.54. The Labute approximate surface area is 167 Å². The third kappa shape index (κ3) is 3.70. The number of nitrogens with zero attached hydrogens (tertiary/aromatic N) is 2. The molecule has 1 heterocycles. The van der Waals surface area contributed by atoms with Gasteiger partial charge in [-0.2, -0.15) is 0 Å². The summed E-state index contributed by atoms with van der Waals surface area (Å²) in [7, 11) is 3.16. The largest absolute Gasteiger partial charge is 0.493 e.